The van der Waals surface area contributed by atoms with Crippen LogP contribution in [0.4, 0.5) is 57.6 Å². The van der Waals surface area contributed by atoms with Gasteiger partial charge in [-0.05, 0) is 233 Å². The monoisotopic (exact) mass is 1340 g/mol. The predicted molar refractivity (Wildman–Crippen MR) is 325 cm³/mol. The minimum absolute atomic E-state index is 0. The summed E-state index contributed by atoms with van der Waals surface area (Å²) >= 11 is 0. The molecule has 12 heterocycles. The van der Waals surface area contributed by atoms with Crippen molar-refractivity contribution in [2.45, 2.75) is 275 Å². The molecule has 3 N–H and O–H groups in total. The highest BCUT2D eigenvalue weighted by atomic mass is 35.5. The molecular weight excluding hydrogens is 1250 g/mol. The number of nitrogens with zero attached hydrogens (tertiary/aromatic N) is 12. The SMILES string of the molecule is C.CC(C)(C)NC(=O)C1CCN(C2C[C@H]3CC[C@@H](C2)N3c2nc(C(F)(F)F)no2)CC1.CC(C)(C)NC(=O)C1CCN(C2C[C@H]3CC[C@@H](C2)N3c2nc(C(F)(F)F)no2)CC1.CC(C)(C)NC(=O)C1CCN(C2C[C@H]3CC[C@@H](C2)N3c2nc(C(F)(F)F)no2)CC1.Cl. The lowest BCUT2D eigenvalue weighted by Crippen LogP contribution is -2.53. The first-order valence-corrected chi connectivity index (χ1v) is 32.3. The number of hydrogen-bond acceptors (Lipinski definition) is 18. The number of aromatic nitrogens is 6. The Morgan fingerprint density at radius 1 is 0.359 bits per heavy atom. The summed E-state index contributed by atoms with van der Waals surface area (Å²) in [4.78, 5) is 61.2. The molecule has 12 rings (SSSR count). The predicted octanol–water partition coefficient (Wildman–Crippen LogP) is 10.7. The molecule has 0 spiro atoms. The molecule has 3 aromatic rings. The minimum atomic E-state index is -4.59. The molecule has 9 saturated heterocycles. The summed E-state index contributed by atoms with van der Waals surface area (Å²) < 4.78 is 130. The second-order valence-electron chi connectivity index (χ2n) is 29.6. The fourth-order valence-corrected chi connectivity index (χ4v) is 15.6. The highest BCUT2D eigenvalue weighted by molar-refractivity contribution is 5.85. The molecule has 520 valence electrons. The van der Waals surface area contributed by atoms with Crippen LogP contribution in [0.15, 0.2) is 13.6 Å². The first kappa shape index (κ1) is 72.6. The minimum Gasteiger partial charge on any atom is -0.351 e. The Balaban J connectivity index is 0.000000176. The Kier molecular flexibility index (Phi) is 22.3. The average Bonchev–Trinajstić information content (AvgIpc) is 1.70. The lowest BCUT2D eigenvalue weighted by Gasteiger charge is -2.44. The molecule has 3 amide bonds. The van der Waals surface area contributed by atoms with Crippen LogP contribution < -0.4 is 30.7 Å². The van der Waals surface area contributed by atoms with Crippen molar-refractivity contribution in [3.05, 3.63) is 17.5 Å². The van der Waals surface area contributed by atoms with Gasteiger partial charge in [-0.3, -0.25) is 14.4 Å². The van der Waals surface area contributed by atoms with E-state index in [1.54, 1.807) is 0 Å². The van der Waals surface area contributed by atoms with Gasteiger partial charge in [-0.1, -0.05) is 7.43 Å². The number of carbonyl (C=O) groups excluding carboxylic acids is 3. The third-order valence-corrected chi connectivity index (χ3v) is 19.5. The number of nitrogens with one attached hydrogen (secondary N) is 3. The number of fused-ring (bicyclic) bond motifs is 6. The Morgan fingerprint density at radius 3 is 0.717 bits per heavy atom. The molecule has 3 unspecified atom stereocenters. The third kappa shape index (κ3) is 17.6. The van der Waals surface area contributed by atoms with Crippen molar-refractivity contribution in [3.63, 3.8) is 0 Å². The van der Waals surface area contributed by atoms with Crippen molar-refractivity contribution in [3.8, 4) is 0 Å². The van der Waals surface area contributed by atoms with E-state index in [1.807, 2.05) is 77.0 Å². The number of halogens is 10. The van der Waals surface area contributed by atoms with Crippen LogP contribution in [0.2, 0.25) is 0 Å². The molecule has 92 heavy (non-hydrogen) atoms. The van der Waals surface area contributed by atoms with Crippen LogP contribution >= 0.6 is 12.4 Å². The number of likely N-dealkylation sites (tertiary alicyclic amines) is 3. The van der Waals surface area contributed by atoms with Crippen LogP contribution in [0.25, 0.3) is 0 Å². The molecule has 3 aromatic heterocycles. The smallest absolute Gasteiger partial charge is 0.351 e. The van der Waals surface area contributed by atoms with Gasteiger partial charge in [0.2, 0.25) is 17.7 Å². The summed E-state index contributed by atoms with van der Waals surface area (Å²) in [6.45, 7) is 23.2. The molecule has 0 aromatic carbocycles. The Bertz CT molecular complexity index is 2570. The van der Waals surface area contributed by atoms with Gasteiger partial charge in [0.25, 0.3) is 17.5 Å². The summed E-state index contributed by atoms with van der Waals surface area (Å²) in [7, 11) is 0. The molecule has 21 nitrogen and oxygen atoms in total. The maximum absolute atomic E-state index is 12.8. The van der Waals surface area contributed by atoms with Gasteiger partial charge in [0, 0.05) is 88.7 Å². The number of amides is 3. The van der Waals surface area contributed by atoms with Crippen molar-refractivity contribution >= 4 is 48.2 Å². The maximum atomic E-state index is 12.8. The zero-order valence-corrected chi connectivity index (χ0v) is 54.3. The van der Waals surface area contributed by atoms with Gasteiger partial charge >= 0.3 is 36.6 Å². The molecule has 9 aliphatic rings. The lowest BCUT2D eigenvalue weighted by atomic mass is 9.90. The number of piperidine rings is 6. The van der Waals surface area contributed by atoms with Crippen molar-refractivity contribution in [1.29, 1.82) is 0 Å². The molecule has 9 atom stereocenters. The van der Waals surface area contributed by atoms with Gasteiger partial charge in [0.15, 0.2) is 0 Å². The van der Waals surface area contributed by atoms with Gasteiger partial charge in [-0.2, -0.15) is 54.5 Å². The van der Waals surface area contributed by atoms with E-state index < -0.39 is 36.0 Å². The largest absolute Gasteiger partial charge is 0.455 e. The van der Waals surface area contributed by atoms with Gasteiger partial charge in [-0.15, -0.1) is 12.4 Å². The lowest BCUT2D eigenvalue weighted by molar-refractivity contribution is -0.146. The first-order valence-electron chi connectivity index (χ1n) is 32.3. The molecule has 0 radical (unpaired) electrons. The summed E-state index contributed by atoms with van der Waals surface area (Å²) in [5, 5.41) is 18.6. The third-order valence-electron chi connectivity index (χ3n) is 19.5. The van der Waals surface area contributed by atoms with Crippen molar-refractivity contribution in [2.75, 3.05) is 54.0 Å². The van der Waals surface area contributed by atoms with Gasteiger partial charge in [0.1, 0.15) is 0 Å². The van der Waals surface area contributed by atoms with Crippen molar-refractivity contribution in [1.82, 2.24) is 61.1 Å². The first-order chi connectivity index (χ1) is 42.0. The summed E-state index contributed by atoms with van der Waals surface area (Å²) in [5.74, 6) is -3.08. The van der Waals surface area contributed by atoms with E-state index in [0.717, 1.165) is 155 Å². The highest BCUT2D eigenvalue weighted by Crippen LogP contribution is 2.45. The zero-order chi connectivity index (χ0) is 65.0. The molecule has 6 bridgehead atoms. The molecule has 31 heteroatoms. The number of hydrogen-bond donors (Lipinski definition) is 3. The molecule has 0 saturated carbocycles. The Hall–Kier alpha value is -5.23. The van der Waals surface area contributed by atoms with Crippen LogP contribution in [0.5, 0.6) is 0 Å². The maximum Gasteiger partial charge on any atom is 0.455 e. The van der Waals surface area contributed by atoms with E-state index in [4.69, 9.17) is 13.6 Å². The molecular formula is C61H95ClF9N15O6. The topological polar surface area (TPSA) is 224 Å². The molecule has 9 aliphatic heterocycles. The normalized spacial score (nSPS) is 28.1. The van der Waals surface area contributed by atoms with Crippen molar-refractivity contribution < 1.29 is 67.5 Å². The van der Waals surface area contributed by atoms with E-state index >= 15 is 0 Å². The molecule has 0 aliphatic carbocycles. The van der Waals surface area contributed by atoms with Crippen LogP contribution in [-0.2, 0) is 32.9 Å². The summed E-state index contributed by atoms with van der Waals surface area (Å²) in [6.07, 6.45) is 2.08. The van der Waals surface area contributed by atoms with Gasteiger partial charge in [-0.25, -0.2) is 0 Å². The average molecular weight is 1340 g/mol. The second-order valence-corrected chi connectivity index (χ2v) is 29.6. The summed E-state index contributed by atoms with van der Waals surface area (Å²) in [6, 6.07) is 1.86. The van der Waals surface area contributed by atoms with E-state index in [0.29, 0.717) is 18.1 Å². The number of rotatable bonds is 9. The zero-order valence-electron chi connectivity index (χ0n) is 53.5. The van der Waals surface area contributed by atoms with Gasteiger partial charge < -0.3 is 58.9 Å². The van der Waals surface area contributed by atoms with Crippen LogP contribution in [0.3, 0.4) is 0 Å². The fourth-order valence-electron chi connectivity index (χ4n) is 15.6. The van der Waals surface area contributed by atoms with E-state index in [9.17, 15) is 53.9 Å². The Morgan fingerprint density at radius 2 is 0.554 bits per heavy atom. The quantitative estimate of drug-likeness (QED) is 0.169. The number of anilines is 3. The summed E-state index contributed by atoms with van der Waals surface area (Å²) in [5.41, 5.74) is -0.664. The Labute approximate surface area is 538 Å². The van der Waals surface area contributed by atoms with E-state index in [2.05, 4.69) is 61.1 Å². The standard InChI is InChI=1S/3C20H30F3N5O2.CH4.ClH/c3*1-19(2,3)25-16(29)12-6-8-27(9-7-12)15-10-13-4-5-14(11-15)28(13)18-24-17(26-30-18)20(21,22)23;;/h3*12-15H,4-11H2,1-3H3,(H,25,29);1H4;1H/t3*13-,14+,15?;;. The van der Waals surface area contributed by atoms with Crippen LogP contribution in [-0.4, -0.2) is 173 Å². The molecule has 9 fully saturated rings. The number of carbonyl (C=O) groups is 3. The van der Waals surface area contributed by atoms with Crippen LogP contribution in [0.1, 0.15) is 203 Å². The second kappa shape index (κ2) is 28.2. The van der Waals surface area contributed by atoms with E-state index in [-0.39, 0.29) is 126 Å². The van der Waals surface area contributed by atoms with E-state index in [1.165, 1.54) is 0 Å². The highest BCUT2D eigenvalue weighted by Gasteiger charge is 2.51. The van der Waals surface area contributed by atoms with Gasteiger partial charge in [0.05, 0.1) is 0 Å². The fraction of sp³-hybridized carbons (Fsp3) is 0.852. The number of alkyl halides is 9. The van der Waals surface area contributed by atoms with Crippen LogP contribution in [0, 0.1) is 17.8 Å². The van der Waals surface area contributed by atoms with Crippen molar-refractivity contribution in [2.24, 2.45) is 17.8 Å².